The van der Waals surface area contributed by atoms with Crippen molar-refractivity contribution in [2.24, 2.45) is 0 Å². The zero-order valence-electron chi connectivity index (χ0n) is 7.23. The van der Waals surface area contributed by atoms with Gasteiger partial charge in [-0.15, -0.1) is 11.8 Å². The smallest absolute Gasteiger partial charge is 0.288 e. The van der Waals surface area contributed by atoms with Crippen LogP contribution in [0.5, 0.6) is 0 Å². The summed E-state index contributed by atoms with van der Waals surface area (Å²) in [6.07, 6.45) is 5.57. The summed E-state index contributed by atoms with van der Waals surface area (Å²) < 4.78 is 1.69. The van der Waals surface area contributed by atoms with E-state index in [4.69, 9.17) is 5.21 Å². The van der Waals surface area contributed by atoms with Gasteiger partial charge in [-0.25, -0.2) is 5.48 Å². The fraction of sp³-hybridized carbons (Fsp3) is 0.250. The molecule has 0 fully saturated rings. The van der Waals surface area contributed by atoms with Crippen molar-refractivity contribution >= 4 is 17.7 Å². The maximum atomic E-state index is 10.7. The van der Waals surface area contributed by atoms with E-state index in [1.807, 2.05) is 18.4 Å². The van der Waals surface area contributed by atoms with Crippen LogP contribution in [0, 0.1) is 0 Å². The third-order valence-electron chi connectivity index (χ3n) is 1.55. The average molecular weight is 199 g/mol. The van der Waals surface area contributed by atoms with E-state index in [1.165, 1.54) is 0 Å². The number of hydroxylamine groups is 1. The normalized spacial score (nSPS) is 9.69. The van der Waals surface area contributed by atoms with E-state index in [1.54, 1.807) is 34.2 Å². The molecular formula is C8H11N2O2S+. The van der Waals surface area contributed by atoms with Crippen molar-refractivity contribution in [3.05, 3.63) is 24.5 Å². The first-order valence-corrected chi connectivity index (χ1v) is 4.95. The topological polar surface area (TPSA) is 53.2 Å². The van der Waals surface area contributed by atoms with Crippen LogP contribution < -0.4 is 10.0 Å². The van der Waals surface area contributed by atoms with Gasteiger partial charge in [-0.05, 0) is 6.26 Å². The number of rotatable bonds is 3. The van der Waals surface area contributed by atoms with Gasteiger partial charge in [0.2, 0.25) is 6.54 Å². The summed E-state index contributed by atoms with van der Waals surface area (Å²) in [5, 5.41) is 8.28. The molecule has 0 atom stereocenters. The highest BCUT2D eigenvalue weighted by molar-refractivity contribution is 7.98. The van der Waals surface area contributed by atoms with Gasteiger partial charge in [0.25, 0.3) is 0 Å². The Morgan fingerprint density at radius 2 is 2.23 bits per heavy atom. The Bertz CT molecular complexity index is 287. The van der Waals surface area contributed by atoms with E-state index < -0.39 is 5.91 Å². The zero-order valence-corrected chi connectivity index (χ0v) is 8.04. The lowest BCUT2D eigenvalue weighted by Gasteiger charge is -1.96. The minimum Gasteiger partial charge on any atom is -0.288 e. The van der Waals surface area contributed by atoms with Gasteiger partial charge in [-0.2, -0.15) is 4.57 Å². The van der Waals surface area contributed by atoms with Crippen molar-refractivity contribution in [3.63, 3.8) is 0 Å². The van der Waals surface area contributed by atoms with E-state index >= 15 is 0 Å². The molecule has 0 unspecified atom stereocenters. The first-order chi connectivity index (χ1) is 6.26. The van der Waals surface area contributed by atoms with E-state index in [2.05, 4.69) is 0 Å². The Balaban J connectivity index is 2.64. The van der Waals surface area contributed by atoms with Crippen molar-refractivity contribution in [3.8, 4) is 0 Å². The molecular weight excluding hydrogens is 188 g/mol. The molecule has 1 rings (SSSR count). The van der Waals surface area contributed by atoms with E-state index in [9.17, 15) is 4.79 Å². The van der Waals surface area contributed by atoms with E-state index in [0.29, 0.717) is 0 Å². The molecule has 13 heavy (non-hydrogen) atoms. The van der Waals surface area contributed by atoms with Crippen molar-refractivity contribution in [2.75, 3.05) is 6.26 Å². The summed E-state index contributed by atoms with van der Waals surface area (Å²) in [7, 11) is 0. The third-order valence-corrected chi connectivity index (χ3v) is 2.29. The summed E-state index contributed by atoms with van der Waals surface area (Å²) in [6.45, 7) is 0.130. The number of amides is 1. The molecule has 0 aliphatic carbocycles. The summed E-state index contributed by atoms with van der Waals surface area (Å²) >= 11 is 1.64. The SMILES string of the molecule is CSc1cc[n+](CC(=O)NO)cc1. The number of thioether (sulfide) groups is 1. The van der Waals surface area contributed by atoms with Crippen LogP contribution in [0.3, 0.4) is 0 Å². The average Bonchev–Trinajstić information content (AvgIpc) is 2.19. The monoisotopic (exact) mass is 199 g/mol. The Kier molecular flexibility index (Phi) is 3.72. The van der Waals surface area contributed by atoms with Crippen LogP contribution in [0.4, 0.5) is 0 Å². The minimum atomic E-state index is -0.429. The van der Waals surface area contributed by atoms with Crippen molar-refractivity contribution < 1.29 is 14.6 Å². The van der Waals surface area contributed by atoms with Crippen molar-refractivity contribution in [1.82, 2.24) is 5.48 Å². The lowest BCUT2D eigenvalue weighted by Crippen LogP contribution is -2.41. The fourth-order valence-corrected chi connectivity index (χ4v) is 1.28. The molecule has 4 nitrogen and oxygen atoms in total. The van der Waals surface area contributed by atoms with Crippen LogP contribution in [0.25, 0.3) is 0 Å². The van der Waals surface area contributed by atoms with Gasteiger partial charge >= 0.3 is 5.91 Å². The molecule has 0 radical (unpaired) electrons. The van der Waals surface area contributed by atoms with E-state index in [-0.39, 0.29) is 6.54 Å². The molecule has 0 bridgehead atoms. The summed E-state index contributed by atoms with van der Waals surface area (Å²) in [5.74, 6) is -0.429. The zero-order chi connectivity index (χ0) is 9.68. The lowest BCUT2D eigenvalue weighted by molar-refractivity contribution is -0.685. The van der Waals surface area contributed by atoms with Crippen LogP contribution in [-0.2, 0) is 11.3 Å². The molecule has 2 N–H and O–H groups in total. The second-order valence-corrected chi connectivity index (χ2v) is 3.32. The van der Waals surface area contributed by atoms with Gasteiger partial charge < -0.3 is 0 Å². The molecule has 1 amide bonds. The number of hydrogen-bond donors (Lipinski definition) is 2. The Labute approximate surface area is 80.5 Å². The van der Waals surface area contributed by atoms with Gasteiger partial charge in [0.1, 0.15) is 0 Å². The number of carbonyl (C=O) groups is 1. The summed E-state index contributed by atoms with van der Waals surface area (Å²) in [6, 6.07) is 3.82. The van der Waals surface area contributed by atoms with Crippen LogP contribution in [0.15, 0.2) is 29.4 Å². The van der Waals surface area contributed by atoms with Gasteiger partial charge in [-0.1, -0.05) is 0 Å². The Morgan fingerprint density at radius 3 is 2.69 bits per heavy atom. The highest BCUT2D eigenvalue weighted by atomic mass is 32.2. The van der Waals surface area contributed by atoms with Crippen LogP contribution in [0.1, 0.15) is 0 Å². The second-order valence-electron chi connectivity index (χ2n) is 2.45. The van der Waals surface area contributed by atoms with Gasteiger partial charge in [-0.3, -0.25) is 10.0 Å². The summed E-state index contributed by atoms with van der Waals surface area (Å²) in [5.41, 5.74) is 1.58. The molecule has 1 aromatic rings. The predicted octanol–water partition coefficient (Wildman–Crippen LogP) is 0.201. The Hall–Kier alpha value is -1.07. The number of hydrogen-bond acceptors (Lipinski definition) is 3. The molecule has 0 aliphatic heterocycles. The van der Waals surface area contributed by atoms with Crippen molar-refractivity contribution in [1.29, 1.82) is 0 Å². The number of nitrogens with zero attached hydrogens (tertiary/aromatic N) is 1. The molecule has 0 saturated carbocycles. The predicted molar refractivity (Wildman–Crippen MR) is 48.3 cm³/mol. The molecule has 1 aromatic heterocycles. The van der Waals surface area contributed by atoms with Crippen LogP contribution in [-0.4, -0.2) is 17.4 Å². The largest absolute Gasteiger partial charge is 0.309 e. The molecule has 0 aromatic carbocycles. The van der Waals surface area contributed by atoms with E-state index in [0.717, 1.165) is 4.90 Å². The minimum absolute atomic E-state index is 0.130. The maximum Gasteiger partial charge on any atom is 0.309 e. The lowest BCUT2D eigenvalue weighted by atomic mass is 10.4. The molecule has 0 saturated heterocycles. The van der Waals surface area contributed by atoms with Crippen LogP contribution in [0.2, 0.25) is 0 Å². The van der Waals surface area contributed by atoms with Crippen molar-refractivity contribution in [2.45, 2.75) is 11.4 Å². The number of aromatic nitrogens is 1. The number of nitrogens with one attached hydrogen (secondary N) is 1. The molecule has 1 heterocycles. The maximum absolute atomic E-state index is 10.7. The standard InChI is InChI=1S/C8H10N2O2S/c1-13-7-2-4-10(5-3-7)6-8(11)9-12/h2-5H,6H2,1H3,(H-,9,11,12)/p+1. The molecule has 5 heteroatoms. The highest BCUT2D eigenvalue weighted by Gasteiger charge is 2.06. The first-order valence-electron chi connectivity index (χ1n) is 3.72. The van der Waals surface area contributed by atoms with Gasteiger partial charge in [0, 0.05) is 17.0 Å². The summed E-state index contributed by atoms with van der Waals surface area (Å²) in [4.78, 5) is 11.9. The molecule has 70 valence electrons. The number of carbonyl (C=O) groups excluding carboxylic acids is 1. The highest BCUT2D eigenvalue weighted by Crippen LogP contribution is 2.10. The molecule has 0 aliphatic rings. The van der Waals surface area contributed by atoms with Crippen LogP contribution >= 0.6 is 11.8 Å². The Morgan fingerprint density at radius 1 is 1.62 bits per heavy atom. The van der Waals surface area contributed by atoms with Gasteiger partial charge in [0.05, 0.1) is 0 Å². The quantitative estimate of drug-likeness (QED) is 0.316. The fourth-order valence-electron chi connectivity index (χ4n) is 0.886. The second kappa shape index (κ2) is 4.84. The first kappa shape index (κ1) is 10.0. The third kappa shape index (κ3) is 3.04. The van der Waals surface area contributed by atoms with Gasteiger partial charge in [0.15, 0.2) is 12.4 Å². The number of pyridine rings is 1. The molecule has 0 spiro atoms.